The second kappa shape index (κ2) is 5.02. The third kappa shape index (κ3) is 3.43. The first-order valence-corrected chi connectivity index (χ1v) is 5.46. The lowest BCUT2D eigenvalue weighted by molar-refractivity contribution is -0.120. The molecule has 0 radical (unpaired) electrons. The lowest BCUT2D eigenvalue weighted by Gasteiger charge is -2.07. The average molecular weight is 228 g/mol. The molecule has 0 aliphatic heterocycles. The molecule has 0 heterocycles. The van der Waals surface area contributed by atoms with Crippen molar-refractivity contribution in [3.05, 3.63) is 24.0 Å². The van der Waals surface area contributed by atoms with Gasteiger partial charge in [-0.3, -0.25) is 4.79 Å². The molecule has 5 heteroatoms. The van der Waals surface area contributed by atoms with Gasteiger partial charge in [0.05, 0.1) is 5.69 Å². The lowest BCUT2D eigenvalue weighted by atomic mass is 10.2. The second-order valence-electron chi connectivity index (χ2n) is 3.30. The van der Waals surface area contributed by atoms with Gasteiger partial charge in [0.1, 0.15) is 5.82 Å². The fourth-order valence-electron chi connectivity index (χ4n) is 0.901. The molecule has 0 aliphatic rings. The van der Waals surface area contributed by atoms with Crippen molar-refractivity contribution in [2.75, 3.05) is 11.5 Å². The van der Waals surface area contributed by atoms with E-state index in [4.69, 9.17) is 11.5 Å². The van der Waals surface area contributed by atoms with Gasteiger partial charge in [0.2, 0.25) is 5.91 Å². The Bertz CT molecular complexity index is 370. The van der Waals surface area contributed by atoms with E-state index in [2.05, 4.69) is 0 Å². The Kier molecular flexibility index (Phi) is 3.96. The molecule has 1 unspecified atom stereocenters. The Balaban J connectivity index is 2.58. The van der Waals surface area contributed by atoms with Crippen LogP contribution in [0.2, 0.25) is 0 Å². The van der Waals surface area contributed by atoms with Crippen molar-refractivity contribution in [3.8, 4) is 0 Å². The number of primary amides is 1. The van der Waals surface area contributed by atoms with Crippen molar-refractivity contribution in [1.29, 1.82) is 0 Å². The van der Waals surface area contributed by atoms with E-state index in [-0.39, 0.29) is 17.5 Å². The van der Waals surface area contributed by atoms with E-state index in [1.807, 2.05) is 0 Å². The summed E-state index contributed by atoms with van der Waals surface area (Å²) in [4.78, 5) is 11.5. The van der Waals surface area contributed by atoms with E-state index in [0.717, 1.165) is 4.90 Å². The van der Waals surface area contributed by atoms with E-state index in [1.54, 1.807) is 13.0 Å². The van der Waals surface area contributed by atoms with Gasteiger partial charge in [-0.15, -0.1) is 11.8 Å². The van der Waals surface area contributed by atoms with Crippen molar-refractivity contribution >= 4 is 23.4 Å². The third-order valence-electron chi connectivity index (χ3n) is 1.96. The number of rotatable bonds is 4. The summed E-state index contributed by atoms with van der Waals surface area (Å²) >= 11 is 1.38. The van der Waals surface area contributed by atoms with Gasteiger partial charge in [0.25, 0.3) is 0 Å². The Morgan fingerprint density at radius 1 is 1.60 bits per heavy atom. The fourth-order valence-corrected chi connectivity index (χ4v) is 1.86. The van der Waals surface area contributed by atoms with Crippen molar-refractivity contribution in [2.45, 2.75) is 11.8 Å². The van der Waals surface area contributed by atoms with Crippen LogP contribution in [0.3, 0.4) is 0 Å². The molecule has 4 N–H and O–H groups in total. The number of benzene rings is 1. The van der Waals surface area contributed by atoms with Crippen LogP contribution in [-0.2, 0) is 4.79 Å². The predicted molar refractivity (Wildman–Crippen MR) is 59.9 cm³/mol. The Morgan fingerprint density at radius 3 is 2.80 bits per heavy atom. The summed E-state index contributed by atoms with van der Waals surface area (Å²) < 4.78 is 13.0. The first-order chi connectivity index (χ1) is 7.00. The Morgan fingerprint density at radius 2 is 2.27 bits per heavy atom. The van der Waals surface area contributed by atoms with Gasteiger partial charge < -0.3 is 11.5 Å². The Hall–Kier alpha value is -1.23. The van der Waals surface area contributed by atoms with E-state index in [9.17, 15) is 9.18 Å². The minimum absolute atomic E-state index is 0.127. The number of hydrogen-bond donors (Lipinski definition) is 2. The van der Waals surface area contributed by atoms with Gasteiger partial charge in [-0.05, 0) is 18.2 Å². The zero-order chi connectivity index (χ0) is 11.4. The minimum Gasteiger partial charge on any atom is -0.396 e. The number of halogens is 1. The topological polar surface area (TPSA) is 69.1 Å². The third-order valence-corrected chi connectivity index (χ3v) is 3.21. The SMILES string of the molecule is CC(CSc1ccc(N)c(F)c1)C(N)=O. The molecule has 0 fully saturated rings. The minimum atomic E-state index is -0.438. The average Bonchev–Trinajstić information content (AvgIpc) is 2.19. The van der Waals surface area contributed by atoms with Crippen LogP contribution in [0.4, 0.5) is 10.1 Å². The summed E-state index contributed by atoms with van der Waals surface area (Å²) in [5.74, 6) is -0.473. The highest BCUT2D eigenvalue weighted by Crippen LogP contribution is 2.23. The number of nitrogens with two attached hydrogens (primary N) is 2. The summed E-state index contributed by atoms with van der Waals surface area (Å²) in [6, 6.07) is 4.58. The van der Waals surface area contributed by atoms with Gasteiger partial charge >= 0.3 is 0 Å². The molecule has 1 rings (SSSR count). The van der Waals surface area contributed by atoms with Crippen LogP contribution >= 0.6 is 11.8 Å². The van der Waals surface area contributed by atoms with Crippen molar-refractivity contribution in [2.24, 2.45) is 11.7 Å². The number of nitrogen functional groups attached to an aromatic ring is 1. The van der Waals surface area contributed by atoms with E-state index >= 15 is 0 Å². The molecule has 1 aromatic carbocycles. The van der Waals surface area contributed by atoms with Crippen LogP contribution in [0, 0.1) is 11.7 Å². The van der Waals surface area contributed by atoms with Crippen LogP contribution in [0.15, 0.2) is 23.1 Å². The molecule has 15 heavy (non-hydrogen) atoms. The van der Waals surface area contributed by atoms with Gasteiger partial charge in [-0.2, -0.15) is 0 Å². The highest BCUT2D eigenvalue weighted by Gasteiger charge is 2.09. The van der Waals surface area contributed by atoms with Crippen LogP contribution < -0.4 is 11.5 Å². The lowest BCUT2D eigenvalue weighted by Crippen LogP contribution is -2.22. The van der Waals surface area contributed by atoms with E-state index in [1.165, 1.54) is 23.9 Å². The molecular weight excluding hydrogens is 215 g/mol. The summed E-state index contributed by atoms with van der Waals surface area (Å²) in [6.07, 6.45) is 0. The number of carbonyl (C=O) groups excluding carboxylic acids is 1. The molecular formula is C10H13FN2OS. The second-order valence-corrected chi connectivity index (χ2v) is 4.39. The fraction of sp³-hybridized carbons (Fsp3) is 0.300. The Labute approximate surface area is 92.0 Å². The first kappa shape index (κ1) is 11.8. The number of carbonyl (C=O) groups is 1. The van der Waals surface area contributed by atoms with Crippen LogP contribution in [0.5, 0.6) is 0 Å². The number of amides is 1. The molecule has 1 atom stereocenters. The molecule has 0 saturated heterocycles. The zero-order valence-electron chi connectivity index (χ0n) is 8.37. The quantitative estimate of drug-likeness (QED) is 0.607. The van der Waals surface area contributed by atoms with E-state index < -0.39 is 5.82 Å². The molecule has 0 spiro atoms. The summed E-state index contributed by atoms with van der Waals surface area (Å²) in [5.41, 5.74) is 10.6. The molecule has 1 amide bonds. The normalized spacial score (nSPS) is 12.4. The van der Waals surface area contributed by atoms with Gasteiger partial charge in [-0.1, -0.05) is 6.92 Å². The van der Waals surface area contributed by atoms with Gasteiger partial charge in [0.15, 0.2) is 0 Å². The molecule has 82 valence electrons. The van der Waals surface area contributed by atoms with Gasteiger partial charge in [-0.25, -0.2) is 4.39 Å². The number of anilines is 1. The summed E-state index contributed by atoms with van der Waals surface area (Å²) in [6.45, 7) is 1.74. The van der Waals surface area contributed by atoms with Gasteiger partial charge in [0, 0.05) is 16.6 Å². The predicted octanol–water partition coefficient (Wildman–Crippen LogP) is 1.62. The maximum atomic E-state index is 13.0. The van der Waals surface area contributed by atoms with Crippen LogP contribution in [0.1, 0.15) is 6.92 Å². The molecule has 0 bridgehead atoms. The molecule has 1 aromatic rings. The van der Waals surface area contributed by atoms with Crippen LogP contribution in [-0.4, -0.2) is 11.7 Å². The summed E-state index contributed by atoms with van der Waals surface area (Å²) in [7, 11) is 0. The highest BCUT2D eigenvalue weighted by atomic mass is 32.2. The summed E-state index contributed by atoms with van der Waals surface area (Å²) in [5, 5.41) is 0. The standard InChI is InChI=1S/C10H13FN2OS/c1-6(10(13)14)5-15-7-2-3-9(12)8(11)4-7/h2-4,6H,5,12H2,1H3,(H2,13,14). The largest absolute Gasteiger partial charge is 0.396 e. The van der Waals surface area contributed by atoms with Crippen molar-refractivity contribution in [1.82, 2.24) is 0 Å². The van der Waals surface area contributed by atoms with Crippen molar-refractivity contribution < 1.29 is 9.18 Å². The maximum Gasteiger partial charge on any atom is 0.221 e. The highest BCUT2D eigenvalue weighted by molar-refractivity contribution is 7.99. The zero-order valence-corrected chi connectivity index (χ0v) is 9.18. The maximum absolute atomic E-state index is 13.0. The number of thioether (sulfide) groups is 1. The molecule has 3 nitrogen and oxygen atoms in total. The number of hydrogen-bond acceptors (Lipinski definition) is 3. The van der Waals surface area contributed by atoms with Crippen LogP contribution in [0.25, 0.3) is 0 Å². The molecule has 0 aromatic heterocycles. The van der Waals surface area contributed by atoms with Crippen molar-refractivity contribution in [3.63, 3.8) is 0 Å². The molecule has 0 aliphatic carbocycles. The first-order valence-electron chi connectivity index (χ1n) is 4.48. The smallest absolute Gasteiger partial charge is 0.221 e. The van der Waals surface area contributed by atoms with E-state index in [0.29, 0.717) is 5.75 Å². The monoisotopic (exact) mass is 228 g/mol. The molecule has 0 saturated carbocycles.